The quantitative estimate of drug-likeness (QED) is 0.718. The highest BCUT2D eigenvalue weighted by Crippen LogP contribution is 2.17. The highest BCUT2D eigenvalue weighted by atomic mass is 16.5. The first-order valence-electron chi connectivity index (χ1n) is 7.04. The number of aromatic nitrogens is 3. The van der Waals surface area contributed by atoms with Crippen LogP contribution in [-0.4, -0.2) is 59.6 Å². The lowest BCUT2D eigenvalue weighted by molar-refractivity contribution is 0.155. The Morgan fingerprint density at radius 3 is 3.16 bits per heavy atom. The van der Waals surface area contributed by atoms with E-state index < -0.39 is 0 Å². The van der Waals surface area contributed by atoms with Crippen LogP contribution in [0.15, 0.2) is 6.33 Å². The molecule has 0 aromatic carbocycles. The number of methoxy groups -OCH3 is 1. The maximum Gasteiger partial charge on any atom is 0.140 e. The monoisotopic (exact) mass is 267 g/mol. The van der Waals surface area contributed by atoms with Crippen molar-refractivity contribution in [2.45, 2.75) is 19.4 Å². The van der Waals surface area contributed by atoms with Gasteiger partial charge in [0.2, 0.25) is 0 Å². The largest absolute Gasteiger partial charge is 0.383 e. The molecule has 0 radical (unpaired) electrons. The van der Waals surface area contributed by atoms with Crippen LogP contribution in [0.1, 0.15) is 18.7 Å². The minimum Gasteiger partial charge on any atom is -0.383 e. The molecule has 6 nitrogen and oxygen atoms in total. The standard InChI is InChI=1S/C13H25N5O/c1-17-13(15-11-16-17)10-18-6-3-4-12(9-18)8-14-5-7-19-2/h11-12,14H,3-10H2,1-2H3. The van der Waals surface area contributed by atoms with Crippen LogP contribution in [0.4, 0.5) is 0 Å². The number of nitrogens with one attached hydrogen (secondary N) is 1. The van der Waals surface area contributed by atoms with Crippen molar-refractivity contribution in [1.82, 2.24) is 25.0 Å². The molecule has 0 saturated carbocycles. The van der Waals surface area contributed by atoms with E-state index in [9.17, 15) is 0 Å². The van der Waals surface area contributed by atoms with E-state index in [0.29, 0.717) is 0 Å². The van der Waals surface area contributed by atoms with Crippen molar-refractivity contribution in [2.24, 2.45) is 13.0 Å². The van der Waals surface area contributed by atoms with Gasteiger partial charge in [0.05, 0.1) is 13.2 Å². The molecule has 108 valence electrons. The minimum absolute atomic E-state index is 0.735. The van der Waals surface area contributed by atoms with Gasteiger partial charge in [-0.05, 0) is 31.8 Å². The summed E-state index contributed by atoms with van der Waals surface area (Å²) in [5.41, 5.74) is 0. The van der Waals surface area contributed by atoms with Crippen LogP contribution in [0.5, 0.6) is 0 Å². The molecule has 19 heavy (non-hydrogen) atoms. The first-order chi connectivity index (χ1) is 9.29. The smallest absolute Gasteiger partial charge is 0.140 e. The molecule has 1 saturated heterocycles. The van der Waals surface area contributed by atoms with Crippen molar-refractivity contribution in [3.63, 3.8) is 0 Å². The zero-order valence-electron chi connectivity index (χ0n) is 12.0. The van der Waals surface area contributed by atoms with Gasteiger partial charge in [0, 0.05) is 27.2 Å². The number of aryl methyl sites for hydroxylation is 1. The Labute approximate surface area is 115 Å². The lowest BCUT2D eigenvalue weighted by Crippen LogP contribution is -2.40. The van der Waals surface area contributed by atoms with E-state index in [1.807, 2.05) is 11.7 Å². The molecular weight excluding hydrogens is 242 g/mol. The molecule has 1 unspecified atom stereocenters. The highest BCUT2D eigenvalue weighted by molar-refractivity contribution is 4.85. The van der Waals surface area contributed by atoms with E-state index >= 15 is 0 Å². The van der Waals surface area contributed by atoms with Crippen LogP contribution in [-0.2, 0) is 18.3 Å². The third-order valence-electron chi connectivity index (χ3n) is 3.69. The number of likely N-dealkylation sites (tertiary alicyclic amines) is 1. The molecule has 1 N–H and O–H groups in total. The van der Waals surface area contributed by atoms with Gasteiger partial charge in [-0.25, -0.2) is 4.98 Å². The van der Waals surface area contributed by atoms with Gasteiger partial charge in [-0.3, -0.25) is 9.58 Å². The van der Waals surface area contributed by atoms with Crippen molar-refractivity contribution < 1.29 is 4.74 Å². The van der Waals surface area contributed by atoms with Gasteiger partial charge >= 0.3 is 0 Å². The third kappa shape index (κ3) is 4.56. The molecule has 1 aromatic heterocycles. The van der Waals surface area contributed by atoms with Gasteiger partial charge in [-0.15, -0.1) is 0 Å². The first-order valence-corrected chi connectivity index (χ1v) is 7.04. The van der Waals surface area contributed by atoms with Crippen LogP contribution in [0.3, 0.4) is 0 Å². The number of hydrogen-bond acceptors (Lipinski definition) is 5. The lowest BCUT2D eigenvalue weighted by Gasteiger charge is -2.32. The van der Waals surface area contributed by atoms with Crippen LogP contribution in [0, 0.1) is 5.92 Å². The molecule has 1 aromatic rings. The van der Waals surface area contributed by atoms with Crippen molar-refractivity contribution in [1.29, 1.82) is 0 Å². The van der Waals surface area contributed by atoms with Gasteiger partial charge in [-0.2, -0.15) is 5.10 Å². The Morgan fingerprint density at radius 2 is 2.42 bits per heavy atom. The molecule has 1 fully saturated rings. The molecule has 2 heterocycles. The maximum atomic E-state index is 5.04. The Balaban J connectivity index is 1.72. The Bertz CT molecular complexity index is 368. The molecule has 0 amide bonds. The van der Waals surface area contributed by atoms with Gasteiger partial charge in [-0.1, -0.05) is 0 Å². The van der Waals surface area contributed by atoms with E-state index in [0.717, 1.165) is 44.5 Å². The van der Waals surface area contributed by atoms with E-state index in [1.165, 1.54) is 19.4 Å². The zero-order chi connectivity index (χ0) is 13.5. The average molecular weight is 267 g/mol. The number of rotatable bonds is 7. The van der Waals surface area contributed by atoms with Crippen LogP contribution in [0.2, 0.25) is 0 Å². The van der Waals surface area contributed by atoms with E-state index in [4.69, 9.17) is 4.74 Å². The van der Waals surface area contributed by atoms with Gasteiger partial charge in [0.25, 0.3) is 0 Å². The molecule has 1 atom stereocenters. The topological polar surface area (TPSA) is 55.2 Å². The van der Waals surface area contributed by atoms with Gasteiger partial charge in [0.1, 0.15) is 12.2 Å². The Morgan fingerprint density at radius 1 is 1.53 bits per heavy atom. The van der Waals surface area contributed by atoms with E-state index in [1.54, 1.807) is 13.4 Å². The number of nitrogens with zero attached hydrogens (tertiary/aromatic N) is 4. The maximum absolute atomic E-state index is 5.04. The summed E-state index contributed by atoms with van der Waals surface area (Å²) in [5.74, 6) is 1.78. The molecule has 0 bridgehead atoms. The van der Waals surface area contributed by atoms with Crippen LogP contribution in [0.25, 0.3) is 0 Å². The fraction of sp³-hybridized carbons (Fsp3) is 0.846. The van der Waals surface area contributed by atoms with Gasteiger partial charge < -0.3 is 10.1 Å². The molecule has 2 rings (SSSR count). The summed E-state index contributed by atoms with van der Waals surface area (Å²) in [4.78, 5) is 6.78. The summed E-state index contributed by atoms with van der Waals surface area (Å²) in [5, 5.41) is 7.59. The van der Waals surface area contributed by atoms with Crippen molar-refractivity contribution in [3.8, 4) is 0 Å². The second-order valence-corrected chi connectivity index (χ2v) is 5.24. The zero-order valence-corrected chi connectivity index (χ0v) is 12.0. The number of hydrogen-bond donors (Lipinski definition) is 1. The second kappa shape index (κ2) is 7.57. The molecule has 1 aliphatic heterocycles. The van der Waals surface area contributed by atoms with Crippen LogP contribution >= 0.6 is 0 Å². The Hall–Kier alpha value is -0.980. The summed E-state index contributed by atoms with van der Waals surface area (Å²) in [6.45, 7) is 6.03. The second-order valence-electron chi connectivity index (χ2n) is 5.24. The summed E-state index contributed by atoms with van der Waals surface area (Å²) < 4.78 is 6.91. The van der Waals surface area contributed by atoms with Crippen molar-refractivity contribution in [3.05, 3.63) is 12.2 Å². The molecule has 0 spiro atoms. The molecule has 1 aliphatic rings. The Kier molecular flexibility index (Phi) is 5.75. The minimum atomic E-state index is 0.735. The normalized spacial score (nSPS) is 20.8. The molecule has 0 aliphatic carbocycles. The summed E-state index contributed by atoms with van der Waals surface area (Å²) in [7, 11) is 3.70. The van der Waals surface area contributed by atoms with Crippen molar-refractivity contribution >= 4 is 0 Å². The predicted octanol–water partition coefficient (Wildman–Crippen LogP) is 0.263. The molecular formula is C13H25N5O. The lowest BCUT2D eigenvalue weighted by atomic mass is 9.98. The fourth-order valence-electron chi connectivity index (χ4n) is 2.61. The first kappa shape index (κ1) is 14.4. The average Bonchev–Trinajstić information content (AvgIpc) is 2.81. The molecule has 6 heteroatoms. The summed E-state index contributed by atoms with van der Waals surface area (Å²) >= 11 is 0. The van der Waals surface area contributed by atoms with Crippen LogP contribution < -0.4 is 5.32 Å². The summed E-state index contributed by atoms with van der Waals surface area (Å²) in [6.07, 6.45) is 4.22. The number of piperidine rings is 1. The van der Waals surface area contributed by atoms with Crippen molar-refractivity contribution in [2.75, 3.05) is 39.9 Å². The summed E-state index contributed by atoms with van der Waals surface area (Å²) in [6, 6.07) is 0. The van der Waals surface area contributed by atoms with Gasteiger partial charge in [0.15, 0.2) is 0 Å². The predicted molar refractivity (Wildman–Crippen MR) is 73.7 cm³/mol. The highest BCUT2D eigenvalue weighted by Gasteiger charge is 2.20. The third-order valence-corrected chi connectivity index (χ3v) is 3.69. The van der Waals surface area contributed by atoms with E-state index in [2.05, 4.69) is 20.3 Å². The van der Waals surface area contributed by atoms with E-state index in [-0.39, 0.29) is 0 Å². The SMILES string of the molecule is COCCNCC1CCCN(Cc2ncnn2C)C1. The fourth-order valence-corrected chi connectivity index (χ4v) is 2.61. The number of ether oxygens (including phenoxy) is 1.